The first-order valence-electron chi connectivity index (χ1n) is 9.48. The number of hydrogen-bond donors (Lipinski definition) is 1. The molecular weight excluding hydrogens is 366 g/mol. The zero-order valence-electron chi connectivity index (χ0n) is 16.7. The number of ether oxygens (including phenoxy) is 1. The average Bonchev–Trinajstić information content (AvgIpc) is 2.58. The maximum Gasteiger partial charge on any atom is 0.407 e. The highest BCUT2D eigenvalue weighted by Gasteiger charge is 2.25. The second-order valence-corrected chi connectivity index (χ2v) is 9.94. The third-order valence-corrected chi connectivity index (χ3v) is 5.96. The van der Waals surface area contributed by atoms with Gasteiger partial charge in [0.1, 0.15) is 5.60 Å². The molecule has 1 aliphatic rings. The Morgan fingerprint density at radius 2 is 1.63 bits per heavy atom. The molecule has 1 aliphatic carbocycles. The summed E-state index contributed by atoms with van der Waals surface area (Å²) in [5.74, 6) is 0.616. The Bertz CT molecular complexity index is 714. The predicted molar refractivity (Wildman–Crippen MR) is 104 cm³/mol. The van der Waals surface area contributed by atoms with E-state index in [9.17, 15) is 13.2 Å². The number of alkyl carbamates (subject to hydrolysis) is 1. The van der Waals surface area contributed by atoms with Gasteiger partial charge in [0, 0.05) is 6.54 Å². The molecule has 1 amide bonds. The Labute approximate surface area is 162 Å². The van der Waals surface area contributed by atoms with E-state index in [1.54, 1.807) is 24.3 Å². The lowest BCUT2D eigenvalue weighted by atomic mass is 9.82. The van der Waals surface area contributed by atoms with Gasteiger partial charge in [0.05, 0.1) is 11.5 Å². The first-order chi connectivity index (χ1) is 12.5. The highest BCUT2D eigenvalue weighted by molar-refractivity contribution is 7.86. The molecule has 0 unspecified atom stereocenters. The number of benzene rings is 1. The summed E-state index contributed by atoms with van der Waals surface area (Å²) in [5.41, 5.74) is 0.509. The van der Waals surface area contributed by atoms with E-state index in [1.807, 2.05) is 27.7 Å². The summed E-state index contributed by atoms with van der Waals surface area (Å²) in [6, 6.07) is 6.67. The van der Waals surface area contributed by atoms with Gasteiger partial charge < -0.3 is 10.1 Å². The number of carbonyl (C=O) groups is 1. The summed E-state index contributed by atoms with van der Waals surface area (Å²) in [6.07, 6.45) is 3.27. The number of rotatable bonds is 6. The van der Waals surface area contributed by atoms with Crippen LogP contribution in [0.25, 0.3) is 0 Å². The van der Waals surface area contributed by atoms with Gasteiger partial charge in [-0.1, -0.05) is 17.7 Å². The zero-order chi connectivity index (χ0) is 20.1. The van der Waals surface area contributed by atoms with Crippen LogP contribution in [0, 0.1) is 18.8 Å². The van der Waals surface area contributed by atoms with Crippen molar-refractivity contribution in [3.8, 4) is 0 Å². The van der Waals surface area contributed by atoms with Crippen LogP contribution in [0.2, 0.25) is 0 Å². The Balaban J connectivity index is 1.71. The molecule has 1 aromatic carbocycles. The van der Waals surface area contributed by atoms with Crippen molar-refractivity contribution < 1.29 is 22.1 Å². The third-order valence-electron chi connectivity index (χ3n) is 4.67. The normalized spacial score (nSPS) is 20.9. The molecule has 0 atom stereocenters. The van der Waals surface area contributed by atoms with Gasteiger partial charge in [0.25, 0.3) is 10.1 Å². The van der Waals surface area contributed by atoms with Crippen LogP contribution in [-0.4, -0.2) is 33.3 Å². The molecule has 0 aliphatic heterocycles. The van der Waals surface area contributed by atoms with Crippen molar-refractivity contribution in [2.45, 2.75) is 63.9 Å². The molecule has 0 radical (unpaired) electrons. The van der Waals surface area contributed by atoms with Gasteiger partial charge >= 0.3 is 6.09 Å². The molecular formula is C20H31NO5S. The summed E-state index contributed by atoms with van der Waals surface area (Å²) in [7, 11) is -3.70. The van der Waals surface area contributed by atoms with E-state index in [4.69, 9.17) is 8.92 Å². The highest BCUT2D eigenvalue weighted by Crippen LogP contribution is 2.29. The Kier molecular flexibility index (Phi) is 7.28. The zero-order valence-corrected chi connectivity index (χ0v) is 17.5. The van der Waals surface area contributed by atoms with Crippen molar-refractivity contribution in [1.82, 2.24) is 5.32 Å². The minimum absolute atomic E-state index is 0.198. The molecule has 0 spiro atoms. The molecule has 1 fully saturated rings. The van der Waals surface area contributed by atoms with Gasteiger partial charge in [-0.05, 0) is 77.3 Å². The summed E-state index contributed by atoms with van der Waals surface area (Å²) in [6.45, 7) is 8.22. The van der Waals surface area contributed by atoms with Gasteiger partial charge in [0.15, 0.2) is 0 Å². The van der Waals surface area contributed by atoms with Crippen molar-refractivity contribution in [3.63, 3.8) is 0 Å². The van der Waals surface area contributed by atoms with Crippen LogP contribution in [0.15, 0.2) is 29.2 Å². The maximum atomic E-state index is 12.3. The van der Waals surface area contributed by atoms with Gasteiger partial charge in [-0.15, -0.1) is 0 Å². The van der Waals surface area contributed by atoms with E-state index in [0.29, 0.717) is 12.5 Å². The topological polar surface area (TPSA) is 81.7 Å². The van der Waals surface area contributed by atoms with Crippen molar-refractivity contribution >= 4 is 16.2 Å². The number of carbonyl (C=O) groups excluding carboxylic acids is 1. The predicted octanol–water partition coefficient (Wildman–Crippen LogP) is 4.03. The summed E-state index contributed by atoms with van der Waals surface area (Å²) in [5, 5.41) is 2.82. The molecule has 7 heteroatoms. The van der Waals surface area contributed by atoms with E-state index in [-0.39, 0.29) is 17.4 Å². The molecule has 27 heavy (non-hydrogen) atoms. The van der Waals surface area contributed by atoms with E-state index < -0.39 is 21.8 Å². The van der Waals surface area contributed by atoms with Crippen molar-refractivity contribution in [2.75, 3.05) is 13.2 Å². The van der Waals surface area contributed by atoms with Crippen LogP contribution in [0.3, 0.4) is 0 Å². The van der Waals surface area contributed by atoms with E-state index in [0.717, 1.165) is 31.2 Å². The first kappa shape index (κ1) is 21.7. The standard InChI is InChI=1S/C20H31NO5S/c1-15-5-11-18(12-6-15)27(23,24)25-14-17-9-7-16(8-10-17)13-21-19(22)26-20(2,3)4/h5-6,11-12,16-17H,7-10,13-14H2,1-4H3,(H,21,22)/t16-,17-. The van der Waals surface area contributed by atoms with Gasteiger partial charge in [-0.3, -0.25) is 4.18 Å². The molecule has 2 rings (SSSR count). The largest absolute Gasteiger partial charge is 0.444 e. The lowest BCUT2D eigenvalue weighted by Crippen LogP contribution is -2.36. The molecule has 0 saturated heterocycles. The number of hydrogen-bond acceptors (Lipinski definition) is 5. The van der Waals surface area contributed by atoms with Crippen LogP contribution >= 0.6 is 0 Å². The molecule has 0 heterocycles. The smallest absolute Gasteiger partial charge is 0.407 e. The fourth-order valence-corrected chi connectivity index (χ4v) is 4.08. The Morgan fingerprint density at radius 1 is 1.07 bits per heavy atom. The number of amides is 1. The lowest BCUT2D eigenvalue weighted by molar-refractivity contribution is 0.0511. The fourth-order valence-electron chi connectivity index (χ4n) is 3.10. The molecule has 0 aromatic heterocycles. The van der Waals surface area contributed by atoms with Crippen molar-refractivity contribution in [2.24, 2.45) is 11.8 Å². The average molecular weight is 398 g/mol. The van der Waals surface area contributed by atoms with Crippen LogP contribution in [-0.2, 0) is 19.0 Å². The van der Waals surface area contributed by atoms with Gasteiger partial charge in [0.2, 0.25) is 0 Å². The quantitative estimate of drug-likeness (QED) is 0.733. The molecule has 1 saturated carbocycles. The van der Waals surface area contributed by atoms with Gasteiger partial charge in [-0.25, -0.2) is 4.79 Å². The molecule has 1 N–H and O–H groups in total. The second-order valence-electron chi connectivity index (χ2n) is 8.32. The summed E-state index contributed by atoms with van der Waals surface area (Å²) in [4.78, 5) is 11.9. The van der Waals surface area contributed by atoms with Crippen LogP contribution in [0.5, 0.6) is 0 Å². The summed E-state index contributed by atoms with van der Waals surface area (Å²) >= 11 is 0. The molecule has 152 valence electrons. The number of aryl methyl sites for hydroxylation is 1. The van der Waals surface area contributed by atoms with Crippen LogP contribution in [0.1, 0.15) is 52.0 Å². The van der Waals surface area contributed by atoms with Crippen molar-refractivity contribution in [3.05, 3.63) is 29.8 Å². The van der Waals surface area contributed by atoms with Crippen molar-refractivity contribution in [1.29, 1.82) is 0 Å². The maximum absolute atomic E-state index is 12.3. The van der Waals surface area contributed by atoms with E-state index in [1.165, 1.54) is 0 Å². The molecule has 6 nitrogen and oxygen atoms in total. The van der Waals surface area contributed by atoms with E-state index >= 15 is 0 Å². The van der Waals surface area contributed by atoms with Crippen LogP contribution in [0.4, 0.5) is 4.79 Å². The van der Waals surface area contributed by atoms with E-state index in [2.05, 4.69) is 5.32 Å². The number of nitrogens with one attached hydrogen (secondary N) is 1. The second kappa shape index (κ2) is 9.06. The molecule has 1 aromatic rings. The Hall–Kier alpha value is -1.60. The minimum atomic E-state index is -3.70. The Morgan fingerprint density at radius 3 is 2.19 bits per heavy atom. The fraction of sp³-hybridized carbons (Fsp3) is 0.650. The monoisotopic (exact) mass is 397 g/mol. The lowest BCUT2D eigenvalue weighted by Gasteiger charge is -2.28. The highest BCUT2D eigenvalue weighted by atomic mass is 32.2. The minimum Gasteiger partial charge on any atom is -0.444 e. The first-order valence-corrected chi connectivity index (χ1v) is 10.9. The SMILES string of the molecule is Cc1ccc(S(=O)(=O)OC[C@H]2CC[C@H](CNC(=O)OC(C)(C)C)CC2)cc1. The van der Waals surface area contributed by atoms with Gasteiger partial charge in [-0.2, -0.15) is 8.42 Å². The van der Waals surface area contributed by atoms with Crippen LogP contribution < -0.4 is 5.32 Å². The third kappa shape index (κ3) is 7.50. The molecule has 0 bridgehead atoms. The summed E-state index contributed by atoms with van der Waals surface area (Å²) < 4.78 is 35.0.